The monoisotopic (exact) mass is 390 g/mol. The van der Waals surface area contributed by atoms with Crippen LogP contribution >= 0.6 is 27.5 Å². The third-order valence-corrected chi connectivity index (χ3v) is 5.09. The number of benzene rings is 2. The summed E-state index contributed by atoms with van der Waals surface area (Å²) in [5.41, 5.74) is -0.135. The van der Waals surface area contributed by atoms with Gasteiger partial charge in [-0.05, 0) is 40.2 Å². The molecule has 21 heavy (non-hydrogen) atoms. The van der Waals surface area contributed by atoms with Crippen molar-refractivity contribution in [1.82, 2.24) is 0 Å². The molecule has 0 unspecified atom stereocenters. The molecule has 2 rings (SSSR count). The van der Waals surface area contributed by atoms with Crippen molar-refractivity contribution in [1.29, 1.82) is 0 Å². The second kappa shape index (κ2) is 5.87. The number of ketones is 1. The Hall–Kier alpha value is -1.24. The molecule has 0 N–H and O–H groups in total. The Morgan fingerprint density at radius 1 is 1.24 bits per heavy atom. The summed E-state index contributed by atoms with van der Waals surface area (Å²) in [6.07, 6.45) is 1.04. The second-order valence-corrected chi connectivity index (χ2v) is 7.65. The van der Waals surface area contributed by atoms with Gasteiger partial charge in [-0.3, -0.25) is 4.79 Å². The van der Waals surface area contributed by atoms with Gasteiger partial charge < -0.3 is 0 Å². The first-order valence-electron chi connectivity index (χ1n) is 5.69. The molecule has 0 aliphatic rings. The van der Waals surface area contributed by atoms with E-state index >= 15 is 0 Å². The Balaban J connectivity index is 2.53. The highest BCUT2D eigenvalue weighted by Gasteiger charge is 2.18. The van der Waals surface area contributed by atoms with E-state index < -0.39 is 21.4 Å². The van der Waals surface area contributed by atoms with Crippen molar-refractivity contribution >= 4 is 43.2 Å². The van der Waals surface area contributed by atoms with Crippen LogP contribution in [0.5, 0.6) is 0 Å². The molecule has 0 amide bonds. The molecule has 0 saturated carbocycles. The van der Waals surface area contributed by atoms with E-state index in [1.807, 2.05) is 0 Å². The summed E-state index contributed by atoms with van der Waals surface area (Å²) >= 11 is 8.92. The molecule has 0 radical (unpaired) electrons. The summed E-state index contributed by atoms with van der Waals surface area (Å²) in [6, 6.07) is 7.74. The number of hydrogen-bond acceptors (Lipinski definition) is 3. The summed E-state index contributed by atoms with van der Waals surface area (Å²) in [5, 5.41) is 0.194. The largest absolute Gasteiger partial charge is 0.288 e. The first-order chi connectivity index (χ1) is 9.70. The van der Waals surface area contributed by atoms with Gasteiger partial charge in [-0.1, -0.05) is 23.7 Å². The van der Waals surface area contributed by atoms with Crippen LogP contribution in [-0.2, 0) is 9.84 Å². The number of carbonyl (C=O) groups excluding carboxylic acids is 1. The van der Waals surface area contributed by atoms with E-state index in [2.05, 4.69) is 15.9 Å². The van der Waals surface area contributed by atoms with E-state index in [0.717, 1.165) is 12.3 Å². The molecular formula is C14H9BrClFO3S. The van der Waals surface area contributed by atoms with Crippen molar-refractivity contribution in [3.63, 3.8) is 0 Å². The quantitative estimate of drug-likeness (QED) is 0.589. The van der Waals surface area contributed by atoms with Crippen LogP contribution in [0.3, 0.4) is 0 Å². The lowest BCUT2D eigenvalue weighted by Gasteiger charge is -2.06. The van der Waals surface area contributed by atoms with Crippen LogP contribution in [-0.4, -0.2) is 20.5 Å². The van der Waals surface area contributed by atoms with Gasteiger partial charge in [0.2, 0.25) is 0 Å². The van der Waals surface area contributed by atoms with E-state index in [4.69, 9.17) is 11.6 Å². The molecule has 0 heterocycles. The number of hydrogen-bond donors (Lipinski definition) is 0. The number of halogens is 3. The molecule has 7 heteroatoms. The molecule has 0 aliphatic heterocycles. The minimum atomic E-state index is -3.45. The fraction of sp³-hybridized carbons (Fsp3) is 0.0714. The van der Waals surface area contributed by atoms with Gasteiger partial charge in [0.25, 0.3) is 0 Å². The fourth-order valence-electron chi connectivity index (χ4n) is 1.72. The van der Waals surface area contributed by atoms with Crippen molar-refractivity contribution < 1.29 is 17.6 Å². The maximum Gasteiger partial charge on any atom is 0.196 e. The maximum atomic E-state index is 13.9. The first kappa shape index (κ1) is 16.1. The van der Waals surface area contributed by atoms with Crippen molar-refractivity contribution in [3.8, 4) is 0 Å². The van der Waals surface area contributed by atoms with Gasteiger partial charge in [-0.2, -0.15) is 0 Å². The summed E-state index contributed by atoms with van der Waals surface area (Å²) < 4.78 is 37.2. The molecule has 0 fully saturated rings. The zero-order valence-corrected chi connectivity index (χ0v) is 13.9. The highest BCUT2D eigenvalue weighted by atomic mass is 79.9. The van der Waals surface area contributed by atoms with E-state index in [9.17, 15) is 17.6 Å². The van der Waals surface area contributed by atoms with Gasteiger partial charge in [0.15, 0.2) is 15.6 Å². The highest BCUT2D eigenvalue weighted by molar-refractivity contribution is 9.10. The third-order valence-electron chi connectivity index (χ3n) is 2.78. The number of carbonyl (C=O) groups is 1. The molecule has 2 aromatic rings. The van der Waals surface area contributed by atoms with Crippen LogP contribution in [0.25, 0.3) is 0 Å². The van der Waals surface area contributed by atoms with Crippen LogP contribution in [0.4, 0.5) is 4.39 Å². The maximum absolute atomic E-state index is 13.9. The van der Waals surface area contributed by atoms with E-state index in [1.54, 1.807) is 0 Å². The number of sulfone groups is 1. The molecule has 110 valence electrons. The lowest BCUT2D eigenvalue weighted by atomic mass is 10.0. The zero-order valence-electron chi connectivity index (χ0n) is 10.7. The summed E-state index contributed by atoms with van der Waals surface area (Å²) in [5.74, 6) is -1.37. The molecule has 0 aliphatic carbocycles. The van der Waals surface area contributed by atoms with E-state index in [1.165, 1.54) is 30.3 Å². The Bertz CT molecular complexity index is 834. The van der Waals surface area contributed by atoms with Crippen LogP contribution in [0, 0.1) is 5.82 Å². The molecular weight excluding hydrogens is 383 g/mol. The molecule has 3 nitrogen and oxygen atoms in total. The average Bonchev–Trinajstić information content (AvgIpc) is 2.41. The molecule has 0 aromatic heterocycles. The van der Waals surface area contributed by atoms with Gasteiger partial charge in [-0.15, -0.1) is 0 Å². The van der Waals surface area contributed by atoms with Crippen molar-refractivity contribution in [2.45, 2.75) is 4.90 Å². The molecule has 2 aromatic carbocycles. The minimum Gasteiger partial charge on any atom is -0.288 e. The topological polar surface area (TPSA) is 51.2 Å². The smallest absolute Gasteiger partial charge is 0.196 e. The minimum absolute atomic E-state index is 0.00281. The molecule has 0 spiro atoms. The number of rotatable bonds is 3. The fourth-order valence-corrected chi connectivity index (χ4v) is 2.87. The van der Waals surface area contributed by atoms with Crippen molar-refractivity contribution in [2.24, 2.45) is 0 Å². The Kier molecular flexibility index (Phi) is 4.51. The van der Waals surface area contributed by atoms with Gasteiger partial charge in [0, 0.05) is 16.3 Å². The third kappa shape index (κ3) is 3.51. The standard InChI is InChI=1S/C14H9BrClFO3S/c1-21(19,20)9-4-2-3-8(5-9)14(18)10-6-12(16)11(15)7-13(10)17/h2-7H,1H3. The normalized spacial score (nSPS) is 11.4. The Labute approximate surface area is 134 Å². The predicted octanol–water partition coefficient (Wildman–Crippen LogP) is 3.88. The lowest BCUT2D eigenvalue weighted by molar-refractivity contribution is 0.103. The summed E-state index contributed by atoms with van der Waals surface area (Å²) in [4.78, 5) is 12.3. The molecule has 0 atom stereocenters. The highest BCUT2D eigenvalue weighted by Crippen LogP contribution is 2.27. The van der Waals surface area contributed by atoms with Crippen molar-refractivity contribution in [2.75, 3.05) is 6.26 Å². The van der Waals surface area contributed by atoms with Crippen molar-refractivity contribution in [3.05, 3.63) is 62.8 Å². The van der Waals surface area contributed by atoms with Gasteiger partial charge in [0.1, 0.15) is 5.82 Å². The zero-order chi connectivity index (χ0) is 15.8. The van der Waals surface area contributed by atoms with Crippen LogP contribution < -0.4 is 0 Å². The van der Waals surface area contributed by atoms with Crippen LogP contribution in [0.15, 0.2) is 45.8 Å². The predicted molar refractivity (Wildman–Crippen MR) is 82.1 cm³/mol. The van der Waals surface area contributed by atoms with E-state index in [0.29, 0.717) is 4.47 Å². The van der Waals surface area contributed by atoms with Gasteiger partial charge in [-0.25, -0.2) is 12.8 Å². The molecule has 0 saturated heterocycles. The first-order valence-corrected chi connectivity index (χ1v) is 8.76. The Morgan fingerprint density at radius 3 is 2.52 bits per heavy atom. The van der Waals surface area contributed by atoms with E-state index in [-0.39, 0.29) is 21.0 Å². The SMILES string of the molecule is CS(=O)(=O)c1cccc(C(=O)c2cc(Cl)c(Br)cc2F)c1. The summed E-state index contributed by atoms with van der Waals surface area (Å²) in [7, 11) is -3.45. The molecule has 0 bridgehead atoms. The van der Waals surface area contributed by atoms with Gasteiger partial charge >= 0.3 is 0 Å². The average molecular weight is 392 g/mol. The lowest BCUT2D eigenvalue weighted by Crippen LogP contribution is -2.06. The van der Waals surface area contributed by atoms with Crippen LogP contribution in [0.2, 0.25) is 5.02 Å². The van der Waals surface area contributed by atoms with Crippen LogP contribution in [0.1, 0.15) is 15.9 Å². The second-order valence-electron chi connectivity index (χ2n) is 4.38. The van der Waals surface area contributed by atoms with Gasteiger partial charge in [0.05, 0.1) is 15.5 Å². The summed E-state index contributed by atoms with van der Waals surface area (Å²) in [6.45, 7) is 0. The Morgan fingerprint density at radius 2 is 1.90 bits per heavy atom.